The number of benzene rings is 4. The molecule has 8 aromatic rings. The SMILES string of the molecule is COc1cc(C)c2[nH]ccc2c1C(C1CC1C(=O)O)n1cc2ccc(C#N)c(OC3CC(N4CCOCC4)C3)c2n1.COc1cc(C)c2[nH]ccc2c1C(C1CC1C(=O)O)n1cc2ccc(C#N)c(OC3CC(N4CCOCC4)C3)c2n1. The molecule has 4 N–H and O–H groups in total. The Morgan fingerprint density at radius 1 is 0.622 bits per heavy atom. The van der Waals surface area contributed by atoms with E-state index in [4.69, 9.17) is 38.6 Å². The summed E-state index contributed by atoms with van der Waals surface area (Å²) in [6, 6.07) is 20.1. The van der Waals surface area contributed by atoms with Crippen LogP contribution < -0.4 is 18.9 Å². The van der Waals surface area contributed by atoms with Crippen molar-refractivity contribution in [2.24, 2.45) is 23.7 Å². The maximum atomic E-state index is 12.0. The number of aromatic nitrogens is 6. The second-order valence-corrected chi connectivity index (χ2v) is 23.0. The van der Waals surface area contributed by atoms with Crippen molar-refractivity contribution >= 4 is 55.6 Å². The number of methoxy groups -OCH3 is 2. The van der Waals surface area contributed by atoms with E-state index in [0.29, 0.717) is 70.1 Å². The fourth-order valence-electron chi connectivity index (χ4n) is 13.5. The maximum Gasteiger partial charge on any atom is 0.306 e. The van der Waals surface area contributed by atoms with Crippen LogP contribution in [-0.2, 0) is 19.1 Å². The number of aryl methyl sites for hydroxylation is 2. The topological polar surface area (TPSA) is 251 Å². The van der Waals surface area contributed by atoms with Gasteiger partial charge >= 0.3 is 11.9 Å². The van der Waals surface area contributed by atoms with Gasteiger partial charge in [0.15, 0.2) is 11.5 Å². The molecule has 6 aliphatic rings. The average Bonchev–Trinajstić information content (AvgIpc) is 4.28. The van der Waals surface area contributed by atoms with Crippen LogP contribution in [0.5, 0.6) is 23.0 Å². The van der Waals surface area contributed by atoms with E-state index in [-0.39, 0.29) is 36.1 Å². The van der Waals surface area contributed by atoms with E-state index in [1.807, 2.05) is 84.4 Å². The second-order valence-electron chi connectivity index (χ2n) is 23.0. The molecule has 0 amide bonds. The Balaban J connectivity index is 0.000000154. The summed E-state index contributed by atoms with van der Waals surface area (Å²) < 4.78 is 39.4. The molecule has 2 saturated heterocycles. The van der Waals surface area contributed by atoms with Gasteiger partial charge in [0.1, 0.15) is 46.9 Å². The van der Waals surface area contributed by atoms with Gasteiger partial charge in [-0.05, 0) is 98.2 Å². The summed E-state index contributed by atoms with van der Waals surface area (Å²) in [5.74, 6) is -0.445. The first kappa shape index (κ1) is 53.2. The van der Waals surface area contributed by atoms with Crippen molar-refractivity contribution in [2.75, 3.05) is 66.8 Å². The Kier molecular flexibility index (Phi) is 14.0. The van der Waals surface area contributed by atoms with Gasteiger partial charge in [0.05, 0.1) is 75.7 Å². The molecule has 2 aliphatic heterocycles. The van der Waals surface area contributed by atoms with Crippen molar-refractivity contribution < 1.29 is 48.2 Å². The third kappa shape index (κ3) is 9.60. The van der Waals surface area contributed by atoms with Crippen molar-refractivity contribution in [1.82, 2.24) is 39.3 Å². The van der Waals surface area contributed by atoms with Crippen LogP contribution in [-0.4, -0.2) is 153 Å². The number of H-pyrrole nitrogens is 2. The Bertz CT molecular complexity index is 3600. The normalized spacial score (nSPS) is 25.0. The number of hydrogen-bond acceptors (Lipinski definition) is 14. The molecule has 20 nitrogen and oxygen atoms in total. The van der Waals surface area contributed by atoms with Gasteiger partial charge in [0.25, 0.3) is 0 Å². The minimum Gasteiger partial charge on any atom is -0.496 e. The molecule has 0 bridgehead atoms. The Morgan fingerprint density at radius 3 is 1.38 bits per heavy atom. The number of morpholine rings is 2. The van der Waals surface area contributed by atoms with E-state index in [1.165, 1.54) is 0 Å². The summed E-state index contributed by atoms with van der Waals surface area (Å²) in [4.78, 5) is 35.6. The smallest absolute Gasteiger partial charge is 0.306 e. The van der Waals surface area contributed by atoms with E-state index in [0.717, 1.165) is 133 Å². The molecule has 424 valence electrons. The molecular weight excluding hydrogens is 1040 g/mol. The number of ether oxygens (including phenoxy) is 6. The molecular formula is C62H66N10O10. The van der Waals surface area contributed by atoms with Crippen LogP contribution in [0, 0.1) is 60.2 Å². The molecule has 14 rings (SSSR count). The molecule has 6 atom stereocenters. The van der Waals surface area contributed by atoms with Crippen LogP contribution >= 0.6 is 0 Å². The summed E-state index contributed by atoms with van der Waals surface area (Å²) in [6.07, 6.45) is 12.4. The number of rotatable bonds is 16. The molecule has 20 heteroatoms. The maximum absolute atomic E-state index is 12.0. The number of carbonyl (C=O) groups is 2. The lowest BCUT2D eigenvalue weighted by atomic mass is 9.87. The molecule has 0 spiro atoms. The van der Waals surface area contributed by atoms with Gasteiger partial charge < -0.3 is 48.6 Å². The third-order valence-electron chi connectivity index (χ3n) is 18.2. The van der Waals surface area contributed by atoms with Gasteiger partial charge in [0.2, 0.25) is 0 Å². The fourth-order valence-corrected chi connectivity index (χ4v) is 13.5. The average molecular weight is 1110 g/mol. The number of nitrogens with zero attached hydrogens (tertiary/aromatic N) is 8. The first-order chi connectivity index (χ1) is 39.9. The van der Waals surface area contributed by atoms with Crippen LogP contribution in [0.4, 0.5) is 0 Å². The van der Waals surface area contributed by atoms with Crippen molar-refractivity contribution in [3.05, 3.63) is 107 Å². The standard InChI is InChI=1S/2C31H33N5O5/c2*1-17-11-25(39-2)26(22-5-6-33-27(17)22)29(23-14-24(23)31(37)38)36-16-19-4-3-18(15-32)30(28(19)34-36)41-21-12-20(13-21)35-7-9-40-10-8-35/h2*3-6,11,16,20-21,23-24,29,33H,7-10,12-14H2,1-2H3,(H,37,38). The predicted octanol–water partition coefficient (Wildman–Crippen LogP) is 8.52. The van der Waals surface area contributed by atoms with Gasteiger partial charge in [-0.15, -0.1) is 0 Å². The molecule has 4 aliphatic carbocycles. The molecule has 0 radical (unpaired) electrons. The summed E-state index contributed by atoms with van der Waals surface area (Å²) >= 11 is 0. The van der Waals surface area contributed by atoms with Crippen molar-refractivity contribution in [2.45, 2.75) is 88.7 Å². The van der Waals surface area contributed by atoms with Crippen LogP contribution in [0.2, 0.25) is 0 Å². The predicted molar refractivity (Wildman–Crippen MR) is 302 cm³/mol. The van der Waals surface area contributed by atoms with Crippen LogP contribution in [0.1, 0.15) is 84.0 Å². The number of aromatic amines is 2. The number of nitrogens with one attached hydrogen (secondary N) is 2. The van der Waals surface area contributed by atoms with Gasteiger partial charge in [-0.2, -0.15) is 20.7 Å². The molecule has 82 heavy (non-hydrogen) atoms. The highest BCUT2D eigenvalue weighted by Crippen LogP contribution is 2.55. The van der Waals surface area contributed by atoms with Gasteiger partial charge in [-0.3, -0.25) is 28.8 Å². The number of carboxylic acids is 2. The van der Waals surface area contributed by atoms with E-state index in [9.17, 15) is 30.3 Å². The molecule has 4 aromatic carbocycles. The Hall–Kier alpha value is -8.14. The molecule has 4 aromatic heterocycles. The highest BCUT2D eigenvalue weighted by atomic mass is 16.5. The van der Waals surface area contributed by atoms with E-state index < -0.39 is 23.8 Å². The number of fused-ring (bicyclic) bond motifs is 4. The van der Waals surface area contributed by atoms with Crippen molar-refractivity contribution in [1.29, 1.82) is 10.5 Å². The lowest BCUT2D eigenvalue weighted by Gasteiger charge is -2.44. The minimum absolute atomic E-state index is 0.0120. The summed E-state index contributed by atoms with van der Waals surface area (Å²) in [7, 11) is 3.28. The van der Waals surface area contributed by atoms with Crippen LogP contribution in [0.25, 0.3) is 43.6 Å². The number of carboxylic acid groups (broad SMARTS) is 2. The zero-order chi connectivity index (χ0) is 56.5. The molecule has 6 unspecified atom stereocenters. The van der Waals surface area contributed by atoms with Gasteiger partial charge in [-0.25, -0.2) is 0 Å². The molecule has 4 saturated carbocycles. The summed E-state index contributed by atoms with van der Waals surface area (Å²) in [6.45, 7) is 10.9. The molecule has 6 fully saturated rings. The fraction of sp³-hybridized carbons (Fsp3) is 0.452. The van der Waals surface area contributed by atoms with E-state index >= 15 is 0 Å². The van der Waals surface area contributed by atoms with E-state index in [2.05, 4.69) is 31.9 Å². The monoisotopic (exact) mass is 1110 g/mol. The quantitative estimate of drug-likeness (QED) is 0.0707. The zero-order valence-corrected chi connectivity index (χ0v) is 46.3. The summed E-state index contributed by atoms with van der Waals surface area (Å²) in [5.41, 5.74) is 8.03. The van der Waals surface area contributed by atoms with Crippen molar-refractivity contribution in [3.8, 4) is 35.1 Å². The second kappa shape index (κ2) is 21.6. The van der Waals surface area contributed by atoms with Crippen molar-refractivity contribution in [3.63, 3.8) is 0 Å². The Labute approximate surface area is 473 Å². The first-order valence-corrected chi connectivity index (χ1v) is 28.5. The third-order valence-corrected chi connectivity index (χ3v) is 18.2. The highest BCUT2D eigenvalue weighted by Gasteiger charge is 2.52. The van der Waals surface area contributed by atoms with Gasteiger partial charge in [-0.1, -0.05) is 0 Å². The summed E-state index contributed by atoms with van der Waals surface area (Å²) in [5, 5.41) is 53.3. The lowest BCUT2D eigenvalue weighted by Crippen LogP contribution is -2.52. The van der Waals surface area contributed by atoms with Crippen LogP contribution in [0.15, 0.2) is 73.3 Å². The van der Waals surface area contributed by atoms with Gasteiger partial charge in [0, 0.05) is 132 Å². The largest absolute Gasteiger partial charge is 0.496 e. The number of nitriles is 2. The number of aliphatic carboxylic acids is 2. The Morgan fingerprint density at radius 2 is 1.02 bits per heavy atom. The number of hydrogen-bond donors (Lipinski definition) is 4. The lowest BCUT2D eigenvalue weighted by molar-refractivity contribution is -0.140. The molecule has 6 heterocycles. The zero-order valence-electron chi connectivity index (χ0n) is 46.3. The highest BCUT2D eigenvalue weighted by molar-refractivity contribution is 5.92. The minimum atomic E-state index is -0.802. The van der Waals surface area contributed by atoms with Crippen LogP contribution in [0.3, 0.4) is 0 Å². The van der Waals surface area contributed by atoms with E-state index in [1.54, 1.807) is 26.4 Å². The first-order valence-electron chi connectivity index (χ1n) is 28.5.